The fraction of sp³-hybridized carbons (Fsp3) is 0.905. The first-order valence-corrected chi connectivity index (χ1v) is 36.3. The largest absolute Gasteiger partial charge is 0.462 e. The van der Waals surface area contributed by atoms with Crippen LogP contribution in [0.1, 0.15) is 412 Å². The van der Waals surface area contributed by atoms with Crippen molar-refractivity contribution in [3.63, 3.8) is 0 Å². The van der Waals surface area contributed by atoms with Crippen LogP contribution in [0.5, 0.6) is 0 Å². The van der Waals surface area contributed by atoms with Crippen LogP contribution in [0.4, 0.5) is 0 Å². The van der Waals surface area contributed by atoms with Crippen molar-refractivity contribution in [2.45, 2.75) is 419 Å². The molecule has 1 atom stereocenters. The van der Waals surface area contributed by atoms with Crippen molar-refractivity contribution in [2.24, 2.45) is 0 Å². The second-order valence-corrected chi connectivity index (χ2v) is 24.9. The fourth-order valence-electron chi connectivity index (χ4n) is 11.2. The molecule has 0 spiro atoms. The molecule has 0 aromatic heterocycles. The Bertz CT molecular complexity index is 1290. The van der Waals surface area contributed by atoms with Crippen LogP contribution in [-0.4, -0.2) is 37.2 Å². The summed E-state index contributed by atoms with van der Waals surface area (Å²) in [4.78, 5) is 38.3. The van der Waals surface area contributed by atoms with Crippen molar-refractivity contribution in [1.82, 2.24) is 0 Å². The van der Waals surface area contributed by atoms with Crippen molar-refractivity contribution in [2.75, 3.05) is 13.2 Å². The Kier molecular flexibility index (Phi) is 67.6. The lowest BCUT2D eigenvalue weighted by molar-refractivity contribution is -0.167. The Balaban J connectivity index is 3.97. The van der Waals surface area contributed by atoms with Crippen LogP contribution in [0.25, 0.3) is 0 Å². The number of ether oxygens (including phenoxy) is 3. The molecule has 0 bridgehead atoms. The van der Waals surface area contributed by atoms with Crippen molar-refractivity contribution >= 4 is 17.9 Å². The fourth-order valence-corrected chi connectivity index (χ4v) is 11.2. The summed E-state index contributed by atoms with van der Waals surface area (Å²) in [5.41, 5.74) is 0. The maximum atomic E-state index is 12.9. The van der Waals surface area contributed by atoms with Gasteiger partial charge in [-0.1, -0.05) is 366 Å². The molecule has 1 unspecified atom stereocenters. The molecular weight excluding hydrogens is 985 g/mol. The van der Waals surface area contributed by atoms with Crippen LogP contribution in [-0.2, 0) is 28.6 Å². The highest BCUT2D eigenvalue weighted by atomic mass is 16.6. The smallest absolute Gasteiger partial charge is 0.306 e. The average Bonchev–Trinajstić information content (AvgIpc) is 3.46. The van der Waals surface area contributed by atoms with Crippen LogP contribution < -0.4 is 0 Å². The minimum absolute atomic E-state index is 0.0629. The zero-order valence-corrected chi connectivity index (χ0v) is 54.4. The highest BCUT2D eigenvalue weighted by Crippen LogP contribution is 2.19. The number of carbonyl (C=O) groups excluding carboxylic acids is 3. The van der Waals surface area contributed by atoms with Gasteiger partial charge in [-0.3, -0.25) is 14.4 Å². The van der Waals surface area contributed by atoms with E-state index in [1.165, 1.54) is 308 Å². The number of allylic oxidation sites excluding steroid dienone is 4. The first-order chi connectivity index (χ1) is 39.5. The van der Waals surface area contributed by atoms with Gasteiger partial charge in [-0.15, -0.1) is 0 Å². The topological polar surface area (TPSA) is 78.9 Å². The van der Waals surface area contributed by atoms with E-state index in [4.69, 9.17) is 14.2 Å². The van der Waals surface area contributed by atoms with Gasteiger partial charge in [-0.05, 0) is 51.4 Å². The van der Waals surface area contributed by atoms with Crippen LogP contribution in [0.2, 0.25) is 0 Å². The summed E-state index contributed by atoms with van der Waals surface area (Å²) in [5.74, 6) is -0.833. The van der Waals surface area contributed by atoms with E-state index in [9.17, 15) is 14.4 Å². The molecule has 0 N–H and O–H groups in total. The molecule has 6 nitrogen and oxygen atoms in total. The van der Waals surface area contributed by atoms with Gasteiger partial charge < -0.3 is 14.2 Å². The van der Waals surface area contributed by atoms with Gasteiger partial charge >= 0.3 is 17.9 Å². The Labute approximate surface area is 500 Å². The van der Waals surface area contributed by atoms with Gasteiger partial charge in [0.2, 0.25) is 0 Å². The molecule has 0 fully saturated rings. The Hall–Kier alpha value is -2.11. The molecule has 0 saturated heterocycles. The molecule has 472 valence electrons. The van der Waals surface area contributed by atoms with Crippen molar-refractivity contribution in [3.8, 4) is 0 Å². The second-order valence-electron chi connectivity index (χ2n) is 24.9. The third-order valence-electron chi connectivity index (χ3n) is 16.7. The molecule has 0 aromatic carbocycles. The summed E-state index contributed by atoms with van der Waals surface area (Å²) in [6.45, 7) is 6.69. The van der Waals surface area contributed by atoms with E-state index >= 15 is 0 Å². The van der Waals surface area contributed by atoms with E-state index in [0.29, 0.717) is 19.3 Å². The summed E-state index contributed by atoms with van der Waals surface area (Å²) >= 11 is 0. The molecule has 80 heavy (non-hydrogen) atoms. The number of hydrogen-bond donors (Lipinski definition) is 0. The molecule has 0 aliphatic carbocycles. The van der Waals surface area contributed by atoms with Gasteiger partial charge in [0.1, 0.15) is 13.2 Å². The van der Waals surface area contributed by atoms with Gasteiger partial charge in [0.05, 0.1) is 0 Å². The highest BCUT2D eigenvalue weighted by Gasteiger charge is 2.19. The van der Waals surface area contributed by atoms with Crippen LogP contribution >= 0.6 is 0 Å². The zero-order chi connectivity index (χ0) is 57.8. The minimum atomic E-state index is -0.764. The molecule has 0 rings (SSSR count). The average molecular weight is 1130 g/mol. The lowest BCUT2D eigenvalue weighted by Gasteiger charge is -2.18. The van der Waals surface area contributed by atoms with Gasteiger partial charge in [0.25, 0.3) is 0 Å². The lowest BCUT2D eigenvalue weighted by Crippen LogP contribution is -2.30. The van der Waals surface area contributed by atoms with Gasteiger partial charge in [-0.25, -0.2) is 0 Å². The molecule has 0 aromatic rings. The highest BCUT2D eigenvalue weighted by molar-refractivity contribution is 5.71. The maximum absolute atomic E-state index is 12.9. The van der Waals surface area contributed by atoms with Gasteiger partial charge in [-0.2, -0.15) is 0 Å². The molecular formula is C74H140O6. The van der Waals surface area contributed by atoms with Gasteiger partial charge in [0, 0.05) is 19.3 Å². The monoisotopic (exact) mass is 1130 g/mol. The standard InChI is InChI=1S/C74H140O6/c1-4-7-10-13-16-19-21-23-25-27-29-30-31-32-33-34-35-36-37-38-39-40-41-42-43-44-45-47-48-50-52-55-58-61-64-67-73(76)79-70-71(69-78-72(75)66-63-60-57-54-18-15-12-9-6-3)80-74(77)68-65-62-59-56-53-51-49-46-28-26-24-22-20-17-14-11-8-5-2/h21,23,27,29,71H,4-20,22,24-26,28,30-70H2,1-3H3/b23-21-,29-27-. The second kappa shape index (κ2) is 69.4. The first-order valence-electron chi connectivity index (χ1n) is 36.3. The Morgan fingerprint density at radius 1 is 0.250 bits per heavy atom. The zero-order valence-electron chi connectivity index (χ0n) is 54.4. The molecule has 0 radical (unpaired) electrons. The Morgan fingerprint density at radius 2 is 0.450 bits per heavy atom. The summed E-state index contributed by atoms with van der Waals surface area (Å²) in [5, 5.41) is 0. The number of hydrogen-bond acceptors (Lipinski definition) is 6. The molecule has 0 aliphatic heterocycles. The molecule has 0 heterocycles. The van der Waals surface area contributed by atoms with Crippen LogP contribution in [0, 0.1) is 0 Å². The minimum Gasteiger partial charge on any atom is -0.462 e. The van der Waals surface area contributed by atoms with Crippen molar-refractivity contribution < 1.29 is 28.6 Å². The molecule has 0 saturated carbocycles. The predicted molar refractivity (Wildman–Crippen MR) is 349 cm³/mol. The summed E-state index contributed by atoms with van der Waals surface area (Å²) in [6, 6.07) is 0. The quantitative estimate of drug-likeness (QED) is 0.0261. The molecule has 0 aliphatic rings. The number of carbonyl (C=O) groups is 3. The van der Waals surface area contributed by atoms with E-state index < -0.39 is 6.10 Å². The van der Waals surface area contributed by atoms with Crippen LogP contribution in [0.15, 0.2) is 24.3 Å². The summed E-state index contributed by atoms with van der Waals surface area (Å²) < 4.78 is 16.9. The van der Waals surface area contributed by atoms with E-state index in [2.05, 4.69) is 45.1 Å². The van der Waals surface area contributed by atoms with Crippen molar-refractivity contribution in [3.05, 3.63) is 24.3 Å². The lowest BCUT2D eigenvalue weighted by atomic mass is 10.0. The predicted octanol–water partition coefficient (Wildman–Crippen LogP) is 25.0. The van der Waals surface area contributed by atoms with Gasteiger partial charge in [0.15, 0.2) is 6.10 Å². The van der Waals surface area contributed by atoms with Crippen LogP contribution in [0.3, 0.4) is 0 Å². The summed E-state index contributed by atoms with van der Waals surface area (Å²) in [6.07, 6.45) is 85.3. The normalized spacial score (nSPS) is 12.1. The Morgan fingerprint density at radius 3 is 0.688 bits per heavy atom. The third kappa shape index (κ3) is 66.7. The van der Waals surface area contributed by atoms with Crippen molar-refractivity contribution in [1.29, 1.82) is 0 Å². The molecule has 6 heteroatoms. The van der Waals surface area contributed by atoms with E-state index in [1.807, 2.05) is 0 Å². The molecule has 0 amide bonds. The van der Waals surface area contributed by atoms with E-state index in [0.717, 1.165) is 64.2 Å². The number of unbranched alkanes of at least 4 members (excludes halogenated alkanes) is 53. The summed E-state index contributed by atoms with van der Waals surface area (Å²) in [7, 11) is 0. The van der Waals surface area contributed by atoms with E-state index in [1.54, 1.807) is 0 Å². The number of rotatable bonds is 68. The van der Waals surface area contributed by atoms with E-state index in [-0.39, 0.29) is 31.1 Å². The first kappa shape index (κ1) is 77.9. The third-order valence-corrected chi connectivity index (χ3v) is 16.7. The maximum Gasteiger partial charge on any atom is 0.306 e. The SMILES string of the molecule is CCCCCCC/C=C\C/C=C\CCCCCCCCCCCCCCCCCCCCCCCCCC(=O)OCC(COC(=O)CCCCCCCCCCC)OC(=O)CCCCCCCCCCCCCCCCCCCC. The number of esters is 3.